The summed E-state index contributed by atoms with van der Waals surface area (Å²) in [6.45, 7) is 4.69. The Morgan fingerprint density at radius 1 is 1.28 bits per heavy atom. The zero-order valence-corrected chi connectivity index (χ0v) is 14.3. The average molecular weight is 336 g/mol. The molecule has 0 bridgehead atoms. The van der Waals surface area contributed by atoms with Crippen molar-refractivity contribution in [1.82, 2.24) is 29.6 Å². The van der Waals surface area contributed by atoms with Crippen molar-refractivity contribution in [3.8, 4) is 5.82 Å². The van der Waals surface area contributed by atoms with Gasteiger partial charge in [0.15, 0.2) is 5.82 Å². The van der Waals surface area contributed by atoms with Crippen LogP contribution in [0, 0.1) is 13.8 Å². The second-order valence-electron chi connectivity index (χ2n) is 6.45. The van der Waals surface area contributed by atoms with Crippen molar-refractivity contribution in [2.45, 2.75) is 39.3 Å². The lowest BCUT2D eigenvalue weighted by molar-refractivity contribution is 0.0927. The molecule has 0 radical (unpaired) electrons. The molecule has 3 aromatic heterocycles. The summed E-state index contributed by atoms with van der Waals surface area (Å²) in [5.41, 5.74) is 2.51. The highest BCUT2D eigenvalue weighted by atomic mass is 16.1. The van der Waals surface area contributed by atoms with Crippen LogP contribution >= 0.6 is 0 Å². The van der Waals surface area contributed by atoms with Crippen LogP contribution in [0.2, 0.25) is 0 Å². The Morgan fingerprint density at radius 3 is 2.88 bits per heavy atom. The highest BCUT2D eigenvalue weighted by Gasteiger charge is 2.21. The maximum absolute atomic E-state index is 12.5. The maximum atomic E-state index is 12.5. The van der Waals surface area contributed by atoms with Gasteiger partial charge in [-0.05, 0) is 38.5 Å². The van der Waals surface area contributed by atoms with Crippen LogP contribution in [0.3, 0.4) is 0 Å². The van der Waals surface area contributed by atoms with Crippen molar-refractivity contribution in [2.75, 3.05) is 0 Å². The number of aromatic nitrogens is 5. The molecule has 25 heavy (non-hydrogen) atoms. The van der Waals surface area contributed by atoms with Gasteiger partial charge in [0, 0.05) is 43.3 Å². The minimum absolute atomic E-state index is 0.0963. The number of fused-ring (bicyclic) bond motifs is 1. The van der Waals surface area contributed by atoms with E-state index < -0.39 is 0 Å². The summed E-state index contributed by atoms with van der Waals surface area (Å²) in [5, 5.41) is 7.50. The zero-order valence-electron chi connectivity index (χ0n) is 14.3. The number of imidazole rings is 1. The fourth-order valence-corrected chi connectivity index (χ4v) is 3.26. The van der Waals surface area contributed by atoms with Crippen LogP contribution in [-0.4, -0.2) is 36.3 Å². The molecule has 1 atom stereocenters. The molecule has 4 heterocycles. The van der Waals surface area contributed by atoms with Gasteiger partial charge in [0.1, 0.15) is 5.82 Å². The van der Waals surface area contributed by atoms with Crippen molar-refractivity contribution in [3.05, 3.63) is 59.6 Å². The number of pyridine rings is 1. The Balaban J connectivity index is 1.45. The van der Waals surface area contributed by atoms with Gasteiger partial charge in [-0.1, -0.05) is 0 Å². The van der Waals surface area contributed by atoms with Crippen molar-refractivity contribution < 1.29 is 4.79 Å². The molecule has 1 amide bonds. The number of hydrogen-bond acceptors (Lipinski definition) is 4. The Kier molecular flexibility index (Phi) is 3.83. The molecule has 7 heteroatoms. The van der Waals surface area contributed by atoms with Gasteiger partial charge in [-0.3, -0.25) is 4.79 Å². The molecule has 7 nitrogen and oxygen atoms in total. The predicted molar refractivity (Wildman–Crippen MR) is 92.6 cm³/mol. The van der Waals surface area contributed by atoms with Crippen LogP contribution in [0.1, 0.15) is 34.0 Å². The van der Waals surface area contributed by atoms with Crippen LogP contribution in [-0.2, 0) is 13.0 Å². The van der Waals surface area contributed by atoms with E-state index in [4.69, 9.17) is 0 Å². The van der Waals surface area contributed by atoms with Gasteiger partial charge in [0.2, 0.25) is 0 Å². The maximum Gasteiger partial charge on any atom is 0.253 e. The van der Waals surface area contributed by atoms with Gasteiger partial charge in [0.05, 0.1) is 11.3 Å². The second kappa shape index (κ2) is 6.16. The molecule has 0 saturated carbocycles. The fraction of sp³-hybridized carbons (Fsp3) is 0.333. The second-order valence-corrected chi connectivity index (χ2v) is 6.45. The number of hydrogen-bond donors (Lipinski definition) is 1. The summed E-state index contributed by atoms with van der Waals surface area (Å²) in [5.74, 6) is 1.70. The van der Waals surface area contributed by atoms with E-state index in [1.54, 1.807) is 23.1 Å². The lowest BCUT2D eigenvalue weighted by atomic mass is 10.1. The summed E-state index contributed by atoms with van der Waals surface area (Å²) in [6.07, 6.45) is 7.15. The molecule has 0 saturated heterocycles. The van der Waals surface area contributed by atoms with Crippen LogP contribution in [0.5, 0.6) is 0 Å². The topological polar surface area (TPSA) is 77.6 Å². The first kappa shape index (κ1) is 15.6. The highest BCUT2D eigenvalue weighted by Crippen LogP contribution is 2.14. The zero-order chi connectivity index (χ0) is 17.4. The van der Waals surface area contributed by atoms with Crippen LogP contribution in [0.4, 0.5) is 0 Å². The lowest BCUT2D eigenvalue weighted by Gasteiger charge is -2.24. The van der Waals surface area contributed by atoms with Gasteiger partial charge >= 0.3 is 0 Å². The smallest absolute Gasteiger partial charge is 0.253 e. The largest absolute Gasteiger partial charge is 0.347 e. The predicted octanol–water partition coefficient (Wildman–Crippen LogP) is 1.83. The number of carbonyl (C=O) groups excluding carboxylic acids is 1. The molecule has 1 N–H and O–H groups in total. The molecule has 1 aliphatic rings. The number of aryl methyl sites for hydroxylation is 3. The van der Waals surface area contributed by atoms with Gasteiger partial charge in [-0.2, -0.15) is 5.10 Å². The van der Waals surface area contributed by atoms with E-state index in [0.717, 1.165) is 36.6 Å². The van der Waals surface area contributed by atoms with Crippen molar-refractivity contribution in [1.29, 1.82) is 0 Å². The third-order valence-corrected chi connectivity index (χ3v) is 4.51. The van der Waals surface area contributed by atoms with Crippen molar-refractivity contribution in [2.24, 2.45) is 0 Å². The molecule has 0 fully saturated rings. The van der Waals surface area contributed by atoms with E-state index in [1.807, 2.05) is 32.2 Å². The molecular weight excluding hydrogens is 316 g/mol. The summed E-state index contributed by atoms with van der Waals surface area (Å²) in [4.78, 5) is 21.2. The van der Waals surface area contributed by atoms with E-state index in [2.05, 4.69) is 25.0 Å². The normalized spacial score (nSPS) is 16.5. The first-order valence-electron chi connectivity index (χ1n) is 8.41. The van der Waals surface area contributed by atoms with Gasteiger partial charge in [0.25, 0.3) is 5.91 Å². The van der Waals surface area contributed by atoms with Crippen LogP contribution < -0.4 is 5.32 Å². The van der Waals surface area contributed by atoms with E-state index in [1.165, 1.54) is 0 Å². The number of amides is 1. The summed E-state index contributed by atoms with van der Waals surface area (Å²) in [7, 11) is 0. The van der Waals surface area contributed by atoms with E-state index >= 15 is 0 Å². The first-order chi connectivity index (χ1) is 12.1. The van der Waals surface area contributed by atoms with Gasteiger partial charge in [-0.25, -0.2) is 14.6 Å². The number of nitrogens with zero attached hydrogens (tertiary/aromatic N) is 5. The molecule has 0 spiro atoms. The Labute approximate surface area is 145 Å². The first-order valence-corrected chi connectivity index (χ1v) is 8.41. The number of nitrogens with one attached hydrogen (secondary N) is 1. The molecule has 4 rings (SSSR count). The standard InChI is InChI=1S/C18H20N6O/c1-12-9-13(2)24(22-12)17-5-3-14(10-20-17)18(25)21-15-4-6-16-19-7-8-23(16)11-15/h3,5,7-10,15H,4,6,11H2,1-2H3,(H,21,25)/t15-/m0/s1. The molecular formula is C18H20N6O. The summed E-state index contributed by atoms with van der Waals surface area (Å²) in [6, 6.07) is 5.73. The number of carbonyl (C=O) groups is 1. The quantitative estimate of drug-likeness (QED) is 0.791. The van der Waals surface area contributed by atoms with Crippen molar-refractivity contribution >= 4 is 5.91 Å². The van der Waals surface area contributed by atoms with E-state index in [-0.39, 0.29) is 11.9 Å². The van der Waals surface area contributed by atoms with E-state index in [9.17, 15) is 4.79 Å². The van der Waals surface area contributed by atoms with Crippen molar-refractivity contribution in [3.63, 3.8) is 0 Å². The van der Waals surface area contributed by atoms with Gasteiger partial charge < -0.3 is 9.88 Å². The molecule has 128 valence electrons. The molecule has 3 aromatic rings. The third kappa shape index (κ3) is 3.05. The summed E-state index contributed by atoms with van der Waals surface area (Å²) < 4.78 is 3.87. The SMILES string of the molecule is Cc1cc(C)n(-c2ccc(C(=O)N[C@H]3CCc4nccn4C3)cn2)n1. The monoisotopic (exact) mass is 336 g/mol. The summed E-state index contributed by atoms with van der Waals surface area (Å²) >= 11 is 0. The Hall–Kier alpha value is -2.96. The number of rotatable bonds is 3. The lowest BCUT2D eigenvalue weighted by Crippen LogP contribution is -2.40. The molecule has 0 unspecified atom stereocenters. The molecule has 1 aliphatic heterocycles. The van der Waals surface area contributed by atoms with E-state index in [0.29, 0.717) is 11.4 Å². The Bertz CT molecular complexity index is 908. The van der Waals surface area contributed by atoms with Crippen LogP contribution in [0.25, 0.3) is 5.82 Å². The third-order valence-electron chi connectivity index (χ3n) is 4.51. The van der Waals surface area contributed by atoms with Crippen LogP contribution in [0.15, 0.2) is 36.8 Å². The molecule has 0 aliphatic carbocycles. The minimum atomic E-state index is -0.0963. The fourth-order valence-electron chi connectivity index (χ4n) is 3.26. The highest BCUT2D eigenvalue weighted by molar-refractivity contribution is 5.94. The molecule has 0 aromatic carbocycles. The minimum Gasteiger partial charge on any atom is -0.347 e. The Morgan fingerprint density at radius 2 is 2.16 bits per heavy atom. The van der Waals surface area contributed by atoms with Gasteiger partial charge in [-0.15, -0.1) is 0 Å². The average Bonchev–Trinajstić information content (AvgIpc) is 3.20.